The number of aliphatic hydroxyl groups excluding tert-OH is 1. The fourth-order valence-electron chi connectivity index (χ4n) is 5.30. The number of ether oxygens (including phenoxy) is 3. The van der Waals surface area contributed by atoms with Gasteiger partial charge in [-0.1, -0.05) is 6.92 Å². The molecule has 0 saturated carbocycles. The second-order valence-corrected chi connectivity index (χ2v) is 11.0. The van der Waals surface area contributed by atoms with Crippen molar-refractivity contribution >= 4 is 17.8 Å². The molecule has 4 aromatic heterocycles. The maximum atomic E-state index is 10.3. The smallest absolute Gasteiger partial charge is 0.240 e. The van der Waals surface area contributed by atoms with Crippen molar-refractivity contribution in [2.45, 2.75) is 72.6 Å². The first-order valence-corrected chi connectivity index (χ1v) is 14.2. The largest absolute Gasteiger partial charge is 0.473 e. The van der Waals surface area contributed by atoms with Gasteiger partial charge in [0.25, 0.3) is 0 Å². The molecule has 4 aromatic rings. The van der Waals surface area contributed by atoms with Gasteiger partial charge in [-0.15, -0.1) is 5.10 Å². The molecule has 0 saturated heterocycles. The highest BCUT2D eigenvalue weighted by Gasteiger charge is 2.25. The number of aromatic nitrogens is 6. The molecule has 1 aliphatic heterocycles. The number of hydrogen-bond acceptors (Lipinski definition) is 8. The van der Waals surface area contributed by atoms with Gasteiger partial charge in [-0.05, 0) is 58.5 Å². The van der Waals surface area contributed by atoms with Crippen molar-refractivity contribution in [3.63, 3.8) is 0 Å². The summed E-state index contributed by atoms with van der Waals surface area (Å²) in [5.74, 6) is 1.24. The molecule has 5 rings (SSSR count). The standard InChI is InChI=1S/C30H41N7O4/c1-8-35-15-21(5)41-30-28(25(18-39-7)32-34(30)6)22-9-12-27-31-13-23(36(27)16-22)10-11-24-26(17-35)37(14-20(4)38)33-29(24)40-19(2)3/h9-13,16,19-21,38H,8,14-15,17-18H2,1-7H3/b11-10+/t20-,21-/m0/s1. The Morgan fingerprint density at radius 2 is 1.98 bits per heavy atom. The normalized spacial score (nSPS) is 17.6. The Hall–Kier alpha value is -3.67. The number of hydrogen-bond donors (Lipinski definition) is 1. The molecular weight excluding hydrogens is 522 g/mol. The molecule has 41 heavy (non-hydrogen) atoms. The van der Waals surface area contributed by atoms with Crippen molar-refractivity contribution < 1.29 is 19.3 Å². The highest BCUT2D eigenvalue weighted by molar-refractivity contribution is 5.75. The van der Waals surface area contributed by atoms with Gasteiger partial charge in [-0.3, -0.25) is 14.0 Å². The molecule has 220 valence electrons. The lowest BCUT2D eigenvalue weighted by molar-refractivity contribution is 0.131. The topological polar surface area (TPSA) is 104 Å². The Bertz CT molecular complexity index is 1530. The van der Waals surface area contributed by atoms with Gasteiger partial charge in [0.15, 0.2) is 0 Å². The van der Waals surface area contributed by atoms with E-state index in [1.54, 1.807) is 18.7 Å². The van der Waals surface area contributed by atoms with Gasteiger partial charge < -0.3 is 19.3 Å². The molecule has 2 bridgehead atoms. The first-order chi connectivity index (χ1) is 19.7. The fourth-order valence-corrected chi connectivity index (χ4v) is 5.30. The Balaban J connectivity index is 1.72. The van der Waals surface area contributed by atoms with E-state index in [1.165, 1.54) is 0 Å². The second kappa shape index (κ2) is 12.1. The number of aliphatic hydroxyl groups is 1. The molecule has 0 amide bonds. The molecule has 1 N–H and O–H groups in total. The van der Waals surface area contributed by atoms with Crippen LogP contribution in [0.15, 0.2) is 24.5 Å². The fraction of sp³-hybridized carbons (Fsp3) is 0.500. The Morgan fingerprint density at radius 3 is 2.68 bits per heavy atom. The van der Waals surface area contributed by atoms with E-state index in [4.69, 9.17) is 24.4 Å². The minimum absolute atomic E-state index is 0.0542. The monoisotopic (exact) mass is 563 g/mol. The molecule has 5 heterocycles. The van der Waals surface area contributed by atoms with Crippen LogP contribution < -0.4 is 9.47 Å². The number of aryl methyl sites for hydroxylation is 1. The summed E-state index contributed by atoms with van der Waals surface area (Å²) in [5.41, 5.74) is 6.28. The number of fused-ring (bicyclic) bond motifs is 4. The average Bonchev–Trinajstić information content (AvgIpc) is 3.54. The molecule has 0 fully saturated rings. The lowest BCUT2D eigenvalue weighted by Gasteiger charge is -2.26. The van der Waals surface area contributed by atoms with Gasteiger partial charge in [0.2, 0.25) is 11.8 Å². The zero-order chi connectivity index (χ0) is 29.3. The summed E-state index contributed by atoms with van der Waals surface area (Å²) in [6.45, 7) is 12.8. The Labute approximate surface area is 241 Å². The van der Waals surface area contributed by atoms with Crippen LogP contribution in [0.2, 0.25) is 0 Å². The first kappa shape index (κ1) is 28.8. The van der Waals surface area contributed by atoms with Gasteiger partial charge in [0, 0.05) is 39.0 Å². The van der Waals surface area contributed by atoms with Crippen molar-refractivity contribution in [3.05, 3.63) is 47.2 Å². The summed E-state index contributed by atoms with van der Waals surface area (Å²) in [6, 6.07) is 4.05. The summed E-state index contributed by atoms with van der Waals surface area (Å²) in [4.78, 5) is 6.96. The highest BCUT2D eigenvalue weighted by Crippen LogP contribution is 2.35. The van der Waals surface area contributed by atoms with Gasteiger partial charge in [0.05, 0.1) is 59.8 Å². The molecule has 0 unspecified atom stereocenters. The third kappa shape index (κ3) is 6.02. The first-order valence-electron chi connectivity index (χ1n) is 14.2. The molecule has 0 radical (unpaired) electrons. The SMILES string of the molecule is CCN1Cc2c(c(OC(C)C)nn2C[C@H](C)O)/C=C/c2cnc3ccc(cn23)-c2c(COC)nn(C)c2O[C@@H](C)C1. The number of imidazole rings is 1. The lowest BCUT2D eigenvalue weighted by atomic mass is 10.1. The van der Waals surface area contributed by atoms with E-state index in [9.17, 15) is 5.11 Å². The second-order valence-electron chi connectivity index (χ2n) is 11.0. The van der Waals surface area contributed by atoms with Crippen LogP contribution in [-0.4, -0.2) is 77.5 Å². The van der Waals surface area contributed by atoms with Crippen LogP contribution in [0.5, 0.6) is 11.8 Å². The summed E-state index contributed by atoms with van der Waals surface area (Å²) < 4.78 is 24.0. The summed E-state index contributed by atoms with van der Waals surface area (Å²) in [7, 11) is 3.57. The van der Waals surface area contributed by atoms with Gasteiger partial charge in [-0.25, -0.2) is 9.67 Å². The summed E-state index contributed by atoms with van der Waals surface area (Å²) >= 11 is 0. The molecule has 11 heteroatoms. The minimum Gasteiger partial charge on any atom is -0.473 e. The molecule has 1 aliphatic rings. The van der Waals surface area contributed by atoms with Crippen molar-refractivity contribution in [1.29, 1.82) is 0 Å². The maximum absolute atomic E-state index is 10.3. The Morgan fingerprint density at radius 1 is 1.17 bits per heavy atom. The third-order valence-corrected chi connectivity index (χ3v) is 7.09. The Kier molecular flexibility index (Phi) is 8.48. The molecular formula is C30H41N7O4. The van der Waals surface area contributed by atoms with E-state index in [2.05, 4.69) is 34.3 Å². The van der Waals surface area contributed by atoms with Crippen LogP contribution in [0.4, 0.5) is 0 Å². The van der Waals surface area contributed by atoms with Gasteiger partial charge in [0.1, 0.15) is 11.8 Å². The van der Waals surface area contributed by atoms with E-state index in [1.807, 2.05) is 56.1 Å². The third-order valence-electron chi connectivity index (χ3n) is 7.09. The van der Waals surface area contributed by atoms with E-state index < -0.39 is 6.10 Å². The van der Waals surface area contributed by atoms with Gasteiger partial charge in [-0.2, -0.15) is 5.10 Å². The maximum Gasteiger partial charge on any atom is 0.240 e. The number of nitrogens with zero attached hydrogens (tertiary/aromatic N) is 7. The van der Waals surface area contributed by atoms with Crippen LogP contribution in [0.3, 0.4) is 0 Å². The molecule has 0 aromatic carbocycles. The van der Waals surface area contributed by atoms with E-state index in [-0.39, 0.29) is 12.2 Å². The predicted octanol–water partition coefficient (Wildman–Crippen LogP) is 4.02. The number of pyridine rings is 1. The molecule has 2 atom stereocenters. The lowest BCUT2D eigenvalue weighted by Crippen LogP contribution is -2.35. The zero-order valence-corrected chi connectivity index (χ0v) is 25.0. The van der Waals surface area contributed by atoms with Gasteiger partial charge >= 0.3 is 0 Å². The van der Waals surface area contributed by atoms with E-state index >= 15 is 0 Å². The molecule has 11 nitrogen and oxygen atoms in total. The molecule has 0 aliphatic carbocycles. The quantitative estimate of drug-likeness (QED) is 0.360. The van der Waals surface area contributed by atoms with Crippen LogP contribution in [-0.2, 0) is 31.5 Å². The molecule has 0 spiro atoms. The number of rotatable bonds is 7. The summed E-state index contributed by atoms with van der Waals surface area (Å²) in [6.07, 6.45) is 7.25. The van der Waals surface area contributed by atoms with E-state index in [0.29, 0.717) is 38.0 Å². The van der Waals surface area contributed by atoms with Crippen LogP contribution in [0.25, 0.3) is 28.9 Å². The van der Waals surface area contributed by atoms with Crippen molar-refractivity contribution in [2.75, 3.05) is 20.2 Å². The van der Waals surface area contributed by atoms with Crippen LogP contribution in [0.1, 0.15) is 57.3 Å². The summed E-state index contributed by atoms with van der Waals surface area (Å²) in [5, 5.41) is 19.9. The minimum atomic E-state index is -0.564. The zero-order valence-electron chi connectivity index (χ0n) is 25.0. The van der Waals surface area contributed by atoms with Crippen molar-refractivity contribution in [2.24, 2.45) is 7.05 Å². The highest BCUT2D eigenvalue weighted by atomic mass is 16.5. The van der Waals surface area contributed by atoms with Crippen LogP contribution >= 0.6 is 0 Å². The van der Waals surface area contributed by atoms with Crippen molar-refractivity contribution in [3.8, 4) is 22.9 Å². The van der Waals surface area contributed by atoms with Crippen LogP contribution in [0, 0.1) is 0 Å². The van der Waals surface area contributed by atoms with E-state index in [0.717, 1.165) is 46.0 Å². The average molecular weight is 564 g/mol. The predicted molar refractivity (Wildman–Crippen MR) is 158 cm³/mol. The van der Waals surface area contributed by atoms with Crippen molar-refractivity contribution in [1.82, 2.24) is 33.8 Å². The number of methoxy groups -OCH3 is 1. The number of likely N-dealkylation sites (N-methyl/N-ethyl adjacent to an activating group) is 1.